The first kappa shape index (κ1) is 12.1. The van der Waals surface area contributed by atoms with Crippen LogP contribution in [-0.2, 0) is 5.41 Å². The fourth-order valence-electron chi connectivity index (χ4n) is 2.27. The summed E-state index contributed by atoms with van der Waals surface area (Å²) in [6.45, 7) is 4.28. The number of aliphatic hydroxyl groups is 1. The van der Waals surface area contributed by atoms with E-state index in [2.05, 4.69) is 13.8 Å². The van der Waals surface area contributed by atoms with E-state index in [1.807, 2.05) is 24.3 Å². The summed E-state index contributed by atoms with van der Waals surface area (Å²) in [7, 11) is 0. The molecule has 0 aliphatic carbocycles. The van der Waals surface area contributed by atoms with Gasteiger partial charge in [-0.05, 0) is 28.9 Å². The summed E-state index contributed by atoms with van der Waals surface area (Å²) in [6, 6.07) is 10.8. The molecule has 0 fully saturated rings. The second-order valence-corrected chi connectivity index (χ2v) is 5.00. The van der Waals surface area contributed by atoms with Crippen molar-refractivity contribution < 1.29 is 9.50 Å². The third-order valence-electron chi connectivity index (χ3n) is 3.34. The second-order valence-electron chi connectivity index (χ2n) is 5.00. The van der Waals surface area contributed by atoms with Crippen molar-refractivity contribution in [2.24, 2.45) is 0 Å². The predicted octanol–water partition coefficient (Wildman–Crippen LogP) is 3.64. The van der Waals surface area contributed by atoms with E-state index in [0.717, 1.165) is 10.9 Å². The molecule has 2 rings (SSSR count). The van der Waals surface area contributed by atoms with Gasteiger partial charge in [0, 0.05) is 12.0 Å². The standard InChI is InChI=1S/C15H17FO/c1-15(2,9-10-17)13-7-8-14(16)12-6-4-3-5-11(12)13/h3-8,17H,9-10H2,1-2H3. The van der Waals surface area contributed by atoms with Crippen LogP contribution in [0.3, 0.4) is 0 Å². The van der Waals surface area contributed by atoms with Gasteiger partial charge >= 0.3 is 0 Å². The van der Waals surface area contributed by atoms with Gasteiger partial charge in [0.2, 0.25) is 0 Å². The molecule has 0 amide bonds. The zero-order valence-electron chi connectivity index (χ0n) is 10.2. The topological polar surface area (TPSA) is 20.2 Å². The minimum absolute atomic E-state index is 0.138. The number of benzene rings is 2. The average molecular weight is 232 g/mol. The highest BCUT2D eigenvalue weighted by Crippen LogP contribution is 2.33. The first-order valence-electron chi connectivity index (χ1n) is 5.85. The van der Waals surface area contributed by atoms with Crippen molar-refractivity contribution in [3.8, 4) is 0 Å². The Morgan fingerprint density at radius 2 is 1.71 bits per heavy atom. The van der Waals surface area contributed by atoms with Crippen molar-refractivity contribution in [1.29, 1.82) is 0 Å². The van der Waals surface area contributed by atoms with Crippen molar-refractivity contribution >= 4 is 10.8 Å². The van der Waals surface area contributed by atoms with Gasteiger partial charge in [0.1, 0.15) is 5.82 Å². The predicted molar refractivity (Wildman–Crippen MR) is 68.6 cm³/mol. The highest BCUT2D eigenvalue weighted by molar-refractivity contribution is 5.87. The summed E-state index contributed by atoms with van der Waals surface area (Å²) < 4.78 is 13.7. The molecule has 0 aliphatic heterocycles. The van der Waals surface area contributed by atoms with E-state index in [1.165, 1.54) is 6.07 Å². The molecule has 0 atom stereocenters. The fourth-order valence-corrected chi connectivity index (χ4v) is 2.27. The lowest BCUT2D eigenvalue weighted by Crippen LogP contribution is -2.19. The lowest BCUT2D eigenvalue weighted by atomic mass is 9.79. The Balaban J connectivity index is 2.67. The lowest BCUT2D eigenvalue weighted by Gasteiger charge is -2.26. The smallest absolute Gasteiger partial charge is 0.131 e. The number of rotatable bonds is 3. The van der Waals surface area contributed by atoms with Crippen molar-refractivity contribution in [1.82, 2.24) is 0 Å². The van der Waals surface area contributed by atoms with E-state index in [9.17, 15) is 4.39 Å². The van der Waals surface area contributed by atoms with Crippen LogP contribution in [0.15, 0.2) is 36.4 Å². The molecule has 0 spiro atoms. The molecular formula is C15H17FO. The number of halogens is 1. The number of fused-ring (bicyclic) bond motifs is 1. The van der Waals surface area contributed by atoms with Gasteiger partial charge in [-0.25, -0.2) is 4.39 Å². The molecule has 0 aromatic heterocycles. The molecule has 0 unspecified atom stereocenters. The molecule has 2 aromatic carbocycles. The molecule has 0 saturated carbocycles. The van der Waals surface area contributed by atoms with Crippen molar-refractivity contribution in [2.45, 2.75) is 25.7 Å². The van der Waals surface area contributed by atoms with Crippen LogP contribution in [0.2, 0.25) is 0 Å². The number of hydrogen-bond acceptors (Lipinski definition) is 1. The maximum Gasteiger partial charge on any atom is 0.131 e. The molecule has 0 radical (unpaired) electrons. The molecular weight excluding hydrogens is 215 g/mol. The van der Waals surface area contributed by atoms with Crippen LogP contribution in [0.1, 0.15) is 25.8 Å². The van der Waals surface area contributed by atoms with Gasteiger partial charge in [-0.1, -0.05) is 44.2 Å². The molecule has 2 aromatic rings. The molecule has 0 saturated heterocycles. The minimum atomic E-state index is -0.191. The van der Waals surface area contributed by atoms with E-state index in [-0.39, 0.29) is 17.8 Å². The minimum Gasteiger partial charge on any atom is -0.396 e. The van der Waals surface area contributed by atoms with E-state index >= 15 is 0 Å². The maximum absolute atomic E-state index is 13.7. The lowest BCUT2D eigenvalue weighted by molar-refractivity contribution is 0.253. The summed E-state index contributed by atoms with van der Waals surface area (Å²) in [5.41, 5.74) is 0.936. The van der Waals surface area contributed by atoms with Crippen LogP contribution in [0, 0.1) is 5.82 Å². The van der Waals surface area contributed by atoms with Crippen molar-refractivity contribution in [3.05, 3.63) is 47.8 Å². The van der Waals surface area contributed by atoms with E-state index in [0.29, 0.717) is 11.8 Å². The molecule has 0 aliphatic rings. The fraction of sp³-hybridized carbons (Fsp3) is 0.333. The Kier molecular flexibility index (Phi) is 3.16. The highest BCUT2D eigenvalue weighted by Gasteiger charge is 2.22. The van der Waals surface area contributed by atoms with Gasteiger partial charge in [-0.2, -0.15) is 0 Å². The summed E-state index contributed by atoms with van der Waals surface area (Å²) in [5, 5.41) is 10.7. The van der Waals surface area contributed by atoms with Crippen LogP contribution in [-0.4, -0.2) is 11.7 Å². The van der Waals surface area contributed by atoms with Crippen LogP contribution >= 0.6 is 0 Å². The Labute approximate surface area is 101 Å². The van der Waals surface area contributed by atoms with Gasteiger partial charge < -0.3 is 5.11 Å². The van der Waals surface area contributed by atoms with E-state index in [1.54, 1.807) is 6.07 Å². The van der Waals surface area contributed by atoms with Crippen LogP contribution in [0.5, 0.6) is 0 Å². The number of hydrogen-bond donors (Lipinski definition) is 1. The third kappa shape index (κ3) is 2.18. The summed E-state index contributed by atoms with van der Waals surface area (Å²) in [5.74, 6) is -0.191. The maximum atomic E-state index is 13.7. The Bertz CT molecular complexity index is 531. The van der Waals surface area contributed by atoms with Gasteiger partial charge in [0.25, 0.3) is 0 Å². The molecule has 2 heteroatoms. The Hall–Kier alpha value is -1.41. The summed E-state index contributed by atoms with van der Waals surface area (Å²) in [6.07, 6.45) is 0.669. The van der Waals surface area contributed by atoms with E-state index < -0.39 is 0 Å². The van der Waals surface area contributed by atoms with Crippen molar-refractivity contribution in [3.63, 3.8) is 0 Å². The van der Waals surface area contributed by atoms with Crippen molar-refractivity contribution in [2.75, 3.05) is 6.61 Å². The summed E-state index contributed by atoms with van der Waals surface area (Å²) >= 11 is 0. The normalized spacial score (nSPS) is 12.0. The SMILES string of the molecule is CC(C)(CCO)c1ccc(F)c2ccccc12. The molecule has 0 bridgehead atoms. The Morgan fingerprint density at radius 3 is 2.35 bits per heavy atom. The molecule has 1 N–H and O–H groups in total. The third-order valence-corrected chi connectivity index (χ3v) is 3.34. The van der Waals surface area contributed by atoms with Gasteiger partial charge in [-0.15, -0.1) is 0 Å². The first-order chi connectivity index (χ1) is 8.06. The molecule has 17 heavy (non-hydrogen) atoms. The molecule has 1 nitrogen and oxygen atoms in total. The average Bonchev–Trinajstić information content (AvgIpc) is 2.29. The van der Waals surface area contributed by atoms with Crippen LogP contribution in [0.25, 0.3) is 10.8 Å². The highest BCUT2D eigenvalue weighted by atomic mass is 19.1. The van der Waals surface area contributed by atoms with E-state index in [4.69, 9.17) is 5.11 Å². The van der Waals surface area contributed by atoms with Gasteiger partial charge in [0.05, 0.1) is 0 Å². The number of aliphatic hydroxyl groups excluding tert-OH is 1. The second kappa shape index (κ2) is 4.46. The monoisotopic (exact) mass is 232 g/mol. The van der Waals surface area contributed by atoms with Crippen LogP contribution < -0.4 is 0 Å². The molecule has 90 valence electrons. The first-order valence-corrected chi connectivity index (χ1v) is 5.85. The molecule has 0 heterocycles. The van der Waals surface area contributed by atoms with Crippen LogP contribution in [0.4, 0.5) is 4.39 Å². The zero-order valence-corrected chi connectivity index (χ0v) is 10.2. The van der Waals surface area contributed by atoms with Gasteiger partial charge in [-0.3, -0.25) is 0 Å². The Morgan fingerprint density at radius 1 is 1.06 bits per heavy atom. The largest absolute Gasteiger partial charge is 0.396 e. The van der Waals surface area contributed by atoms with Gasteiger partial charge in [0.15, 0.2) is 0 Å². The quantitative estimate of drug-likeness (QED) is 0.856. The summed E-state index contributed by atoms with van der Waals surface area (Å²) in [4.78, 5) is 0. The zero-order chi connectivity index (χ0) is 12.5.